The molecule has 0 bridgehead atoms. The quantitative estimate of drug-likeness (QED) is 0.884. The molecular formula is C18H22N2O2S. The van der Waals surface area contributed by atoms with Gasteiger partial charge in [0.05, 0.1) is 11.0 Å². The van der Waals surface area contributed by atoms with E-state index in [1.807, 2.05) is 18.4 Å². The van der Waals surface area contributed by atoms with Crippen molar-refractivity contribution in [2.45, 2.75) is 26.0 Å². The average Bonchev–Trinajstić information content (AvgIpc) is 2.98. The Hall–Kier alpha value is -1.69. The molecule has 23 heavy (non-hydrogen) atoms. The summed E-state index contributed by atoms with van der Waals surface area (Å²) in [6, 6.07) is 10.4. The van der Waals surface area contributed by atoms with Crippen molar-refractivity contribution in [3.8, 4) is 0 Å². The summed E-state index contributed by atoms with van der Waals surface area (Å²) >= 11 is 1.43. The van der Waals surface area contributed by atoms with Crippen LogP contribution >= 0.6 is 11.3 Å². The molecule has 5 heteroatoms. The first kappa shape index (κ1) is 16.2. The van der Waals surface area contributed by atoms with Crippen LogP contribution in [0.2, 0.25) is 0 Å². The van der Waals surface area contributed by atoms with Crippen LogP contribution in [0.25, 0.3) is 0 Å². The molecular weight excluding hydrogens is 308 g/mol. The first-order valence-electron chi connectivity index (χ1n) is 7.93. The number of thiophene rings is 1. The van der Waals surface area contributed by atoms with Crippen molar-refractivity contribution >= 4 is 17.2 Å². The predicted octanol–water partition coefficient (Wildman–Crippen LogP) is 2.21. The van der Waals surface area contributed by atoms with E-state index in [-0.39, 0.29) is 12.5 Å². The SMILES string of the molecule is Cc1ccsc1C(=O)NCC(O)CN1CCc2ccccc2C1. The van der Waals surface area contributed by atoms with Gasteiger partial charge in [-0.25, -0.2) is 0 Å². The van der Waals surface area contributed by atoms with Gasteiger partial charge in [-0.05, 0) is 41.5 Å². The maximum absolute atomic E-state index is 12.1. The number of rotatable bonds is 5. The normalized spacial score (nSPS) is 15.9. The van der Waals surface area contributed by atoms with E-state index in [0.29, 0.717) is 6.54 Å². The maximum atomic E-state index is 12.1. The summed E-state index contributed by atoms with van der Waals surface area (Å²) in [5.41, 5.74) is 3.72. The second-order valence-electron chi connectivity index (χ2n) is 6.05. The Morgan fingerprint density at radius 2 is 2.13 bits per heavy atom. The lowest BCUT2D eigenvalue weighted by atomic mass is 10.00. The van der Waals surface area contributed by atoms with Gasteiger partial charge in [0, 0.05) is 26.2 Å². The number of carbonyl (C=O) groups is 1. The molecule has 2 aromatic rings. The maximum Gasteiger partial charge on any atom is 0.261 e. The van der Waals surface area contributed by atoms with E-state index in [0.717, 1.165) is 30.0 Å². The number of benzene rings is 1. The number of aliphatic hydroxyl groups is 1. The third kappa shape index (κ3) is 3.99. The fourth-order valence-corrected chi connectivity index (χ4v) is 3.81. The number of fused-ring (bicyclic) bond motifs is 1. The number of aliphatic hydroxyl groups excluding tert-OH is 1. The number of hydrogen-bond acceptors (Lipinski definition) is 4. The van der Waals surface area contributed by atoms with Crippen LogP contribution in [0.15, 0.2) is 35.7 Å². The van der Waals surface area contributed by atoms with Crippen LogP contribution in [0.3, 0.4) is 0 Å². The van der Waals surface area contributed by atoms with Crippen LogP contribution in [-0.4, -0.2) is 41.7 Å². The molecule has 0 fully saturated rings. The molecule has 1 aliphatic rings. The molecule has 3 rings (SSSR count). The molecule has 0 spiro atoms. The lowest BCUT2D eigenvalue weighted by Crippen LogP contribution is -2.42. The van der Waals surface area contributed by atoms with Gasteiger partial charge in [-0.2, -0.15) is 0 Å². The van der Waals surface area contributed by atoms with E-state index in [9.17, 15) is 9.90 Å². The van der Waals surface area contributed by atoms with Crippen molar-refractivity contribution in [2.24, 2.45) is 0 Å². The van der Waals surface area contributed by atoms with E-state index >= 15 is 0 Å². The molecule has 4 nitrogen and oxygen atoms in total. The zero-order chi connectivity index (χ0) is 16.2. The molecule has 1 aromatic heterocycles. The second-order valence-corrected chi connectivity index (χ2v) is 6.97. The molecule has 1 atom stereocenters. The lowest BCUT2D eigenvalue weighted by molar-refractivity contribution is 0.0844. The van der Waals surface area contributed by atoms with E-state index < -0.39 is 6.10 Å². The summed E-state index contributed by atoms with van der Waals surface area (Å²) in [6.45, 7) is 4.61. The molecule has 0 radical (unpaired) electrons. The van der Waals surface area contributed by atoms with Gasteiger partial charge in [-0.3, -0.25) is 9.69 Å². The minimum Gasteiger partial charge on any atom is -0.390 e. The predicted molar refractivity (Wildman–Crippen MR) is 92.8 cm³/mol. The summed E-state index contributed by atoms with van der Waals surface area (Å²) in [5, 5.41) is 14.9. The Morgan fingerprint density at radius 1 is 1.35 bits per heavy atom. The number of nitrogens with zero attached hydrogens (tertiary/aromatic N) is 1. The first-order valence-corrected chi connectivity index (χ1v) is 8.81. The zero-order valence-corrected chi connectivity index (χ0v) is 14.1. The fourth-order valence-electron chi connectivity index (χ4n) is 2.97. The molecule has 1 amide bonds. The van der Waals surface area contributed by atoms with Crippen molar-refractivity contribution in [3.63, 3.8) is 0 Å². The van der Waals surface area contributed by atoms with Crippen LogP contribution in [0.1, 0.15) is 26.4 Å². The van der Waals surface area contributed by atoms with Gasteiger partial charge in [0.2, 0.25) is 0 Å². The van der Waals surface area contributed by atoms with Crippen LogP contribution < -0.4 is 5.32 Å². The highest BCUT2D eigenvalue weighted by atomic mass is 32.1. The zero-order valence-electron chi connectivity index (χ0n) is 13.3. The number of nitrogens with one attached hydrogen (secondary N) is 1. The van der Waals surface area contributed by atoms with Gasteiger partial charge in [0.1, 0.15) is 0 Å². The smallest absolute Gasteiger partial charge is 0.261 e. The van der Waals surface area contributed by atoms with E-state index in [1.54, 1.807) is 0 Å². The molecule has 0 saturated heterocycles. The Kier molecular flexibility index (Phi) is 5.10. The van der Waals surface area contributed by atoms with Crippen molar-refractivity contribution in [2.75, 3.05) is 19.6 Å². The molecule has 1 aliphatic heterocycles. The fraction of sp³-hybridized carbons (Fsp3) is 0.389. The van der Waals surface area contributed by atoms with Gasteiger partial charge >= 0.3 is 0 Å². The number of hydrogen-bond donors (Lipinski definition) is 2. The Morgan fingerprint density at radius 3 is 2.87 bits per heavy atom. The van der Waals surface area contributed by atoms with Crippen LogP contribution in [0.5, 0.6) is 0 Å². The van der Waals surface area contributed by atoms with Crippen molar-refractivity contribution in [1.82, 2.24) is 10.2 Å². The van der Waals surface area contributed by atoms with Crippen LogP contribution in [0, 0.1) is 6.92 Å². The molecule has 122 valence electrons. The van der Waals surface area contributed by atoms with Gasteiger partial charge in [0.15, 0.2) is 0 Å². The lowest BCUT2D eigenvalue weighted by Gasteiger charge is -2.30. The molecule has 0 aliphatic carbocycles. The van der Waals surface area contributed by atoms with E-state index in [4.69, 9.17) is 0 Å². The molecule has 2 heterocycles. The Bertz CT molecular complexity index is 683. The molecule has 0 saturated carbocycles. The average molecular weight is 330 g/mol. The van der Waals surface area contributed by atoms with Crippen LogP contribution in [-0.2, 0) is 13.0 Å². The van der Waals surface area contributed by atoms with Crippen molar-refractivity contribution in [3.05, 3.63) is 57.3 Å². The summed E-state index contributed by atoms with van der Waals surface area (Å²) in [6.07, 6.45) is 0.466. The first-order chi connectivity index (χ1) is 11.1. The third-order valence-electron chi connectivity index (χ3n) is 4.25. The van der Waals surface area contributed by atoms with Crippen LogP contribution in [0.4, 0.5) is 0 Å². The van der Waals surface area contributed by atoms with E-state index in [2.05, 4.69) is 34.5 Å². The highest BCUT2D eigenvalue weighted by Gasteiger charge is 2.19. The second kappa shape index (κ2) is 7.25. The molecule has 1 unspecified atom stereocenters. The number of amides is 1. The Balaban J connectivity index is 1.48. The van der Waals surface area contributed by atoms with Gasteiger partial charge < -0.3 is 10.4 Å². The molecule has 2 N–H and O–H groups in total. The monoisotopic (exact) mass is 330 g/mol. The summed E-state index contributed by atoms with van der Waals surface area (Å²) < 4.78 is 0. The van der Waals surface area contributed by atoms with Crippen molar-refractivity contribution < 1.29 is 9.90 Å². The highest BCUT2D eigenvalue weighted by molar-refractivity contribution is 7.12. The largest absolute Gasteiger partial charge is 0.390 e. The van der Waals surface area contributed by atoms with Gasteiger partial charge in [-0.1, -0.05) is 24.3 Å². The Labute approximate surface area is 140 Å². The minimum absolute atomic E-state index is 0.0967. The standard InChI is InChI=1S/C18H22N2O2S/c1-13-7-9-23-17(13)18(22)19-10-16(21)12-20-8-6-14-4-2-3-5-15(14)11-20/h2-5,7,9,16,21H,6,8,10-12H2,1H3,(H,19,22). The van der Waals surface area contributed by atoms with Gasteiger partial charge in [0.25, 0.3) is 5.91 Å². The highest BCUT2D eigenvalue weighted by Crippen LogP contribution is 2.18. The number of β-amino-alcohol motifs (C(OH)–C–C–N with tert-alkyl or cyclic N) is 1. The number of carbonyl (C=O) groups excluding carboxylic acids is 1. The number of aryl methyl sites for hydroxylation is 1. The molecule has 1 aromatic carbocycles. The summed E-state index contributed by atoms with van der Waals surface area (Å²) in [4.78, 5) is 15.0. The minimum atomic E-state index is -0.551. The van der Waals surface area contributed by atoms with E-state index in [1.165, 1.54) is 22.5 Å². The summed E-state index contributed by atoms with van der Waals surface area (Å²) in [7, 11) is 0. The van der Waals surface area contributed by atoms with Gasteiger partial charge in [-0.15, -0.1) is 11.3 Å². The van der Waals surface area contributed by atoms with Crippen molar-refractivity contribution in [1.29, 1.82) is 0 Å². The summed E-state index contributed by atoms with van der Waals surface area (Å²) in [5.74, 6) is -0.0967. The topological polar surface area (TPSA) is 52.6 Å². The third-order valence-corrected chi connectivity index (χ3v) is 5.26.